The SMILES string of the molecule is COc1nccnc1C(CCc1ccccc1)NN. The number of ether oxygens (including phenoxy) is 1. The van der Waals surface area contributed by atoms with Gasteiger partial charge in [0, 0.05) is 12.4 Å². The molecule has 0 radical (unpaired) electrons. The third-order valence-electron chi connectivity index (χ3n) is 2.98. The summed E-state index contributed by atoms with van der Waals surface area (Å²) in [6.07, 6.45) is 4.99. The number of nitrogens with one attached hydrogen (secondary N) is 1. The average molecular weight is 258 g/mol. The fraction of sp³-hybridized carbons (Fsp3) is 0.286. The van der Waals surface area contributed by atoms with E-state index in [1.165, 1.54) is 5.56 Å². The second kappa shape index (κ2) is 6.82. The second-order valence-corrected chi connectivity index (χ2v) is 4.19. The van der Waals surface area contributed by atoms with E-state index >= 15 is 0 Å². The number of rotatable bonds is 6. The van der Waals surface area contributed by atoms with Crippen LogP contribution < -0.4 is 16.0 Å². The van der Waals surface area contributed by atoms with E-state index in [0.717, 1.165) is 18.5 Å². The minimum absolute atomic E-state index is 0.0798. The number of aromatic nitrogens is 2. The predicted octanol–water partition coefficient (Wildman–Crippen LogP) is 1.62. The van der Waals surface area contributed by atoms with Gasteiger partial charge in [-0.2, -0.15) is 0 Å². The zero-order valence-electron chi connectivity index (χ0n) is 10.9. The summed E-state index contributed by atoms with van der Waals surface area (Å²) >= 11 is 0. The van der Waals surface area contributed by atoms with Crippen LogP contribution in [0.1, 0.15) is 23.7 Å². The quantitative estimate of drug-likeness (QED) is 0.608. The molecule has 0 aliphatic rings. The molecule has 2 aromatic rings. The van der Waals surface area contributed by atoms with E-state index in [2.05, 4.69) is 27.5 Å². The maximum absolute atomic E-state index is 5.62. The molecule has 5 heteroatoms. The molecule has 100 valence electrons. The Kier molecular flexibility index (Phi) is 4.83. The predicted molar refractivity (Wildman–Crippen MR) is 73.4 cm³/mol. The standard InChI is InChI=1S/C14H18N4O/c1-19-14-13(16-9-10-17-14)12(18-15)8-7-11-5-3-2-4-6-11/h2-6,9-10,12,18H,7-8,15H2,1H3. The van der Waals surface area contributed by atoms with Crippen molar-refractivity contribution < 1.29 is 4.74 Å². The Hall–Kier alpha value is -1.98. The Labute approximate surface area is 112 Å². The number of methoxy groups -OCH3 is 1. The van der Waals surface area contributed by atoms with E-state index in [1.54, 1.807) is 19.5 Å². The molecule has 1 unspecified atom stereocenters. The van der Waals surface area contributed by atoms with Crippen LogP contribution in [0.15, 0.2) is 42.7 Å². The molecule has 0 aliphatic heterocycles. The van der Waals surface area contributed by atoms with Gasteiger partial charge in [-0.15, -0.1) is 0 Å². The lowest BCUT2D eigenvalue weighted by Crippen LogP contribution is -2.29. The van der Waals surface area contributed by atoms with Crippen LogP contribution in [0.2, 0.25) is 0 Å². The molecule has 1 heterocycles. The zero-order chi connectivity index (χ0) is 13.5. The van der Waals surface area contributed by atoms with Crippen LogP contribution in [-0.4, -0.2) is 17.1 Å². The van der Waals surface area contributed by atoms with E-state index in [4.69, 9.17) is 10.6 Å². The first-order valence-electron chi connectivity index (χ1n) is 6.20. The van der Waals surface area contributed by atoms with Gasteiger partial charge in [-0.3, -0.25) is 16.3 Å². The Bertz CT molecular complexity index is 504. The lowest BCUT2D eigenvalue weighted by atomic mass is 10.0. The topological polar surface area (TPSA) is 73.1 Å². The number of nitrogens with two attached hydrogens (primary N) is 1. The monoisotopic (exact) mass is 258 g/mol. The molecule has 0 amide bonds. The summed E-state index contributed by atoms with van der Waals surface area (Å²) in [6, 6.07) is 10.2. The summed E-state index contributed by atoms with van der Waals surface area (Å²) < 4.78 is 5.21. The van der Waals surface area contributed by atoms with E-state index in [9.17, 15) is 0 Å². The third kappa shape index (κ3) is 3.49. The molecule has 5 nitrogen and oxygen atoms in total. The number of benzene rings is 1. The largest absolute Gasteiger partial charge is 0.480 e. The molecule has 1 atom stereocenters. The molecule has 0 bridgehead atoms. The third-order valence-corrected chi connectivity index (χ3v) is 2.98. The van der Waals surface area contributed by atoms with Gasteiger partial charge in [0.05, 0.1) is 13.2 Å². The number of hydrazine groups is 1. The minimum Gasteiger partial charge on any atom is -0.480 e. The number of hydrogen-bond acceptors (Lipinski definition) is 5. The van der Waals surface area contributed by atoms with Crippen LogP contribution in [0.25, 0.3) is 0 Å². The van der Waals surface area contributed by atoms with Crippen LogP contribution >= 0.6 is 0 Å². The number of hydrogen-bond donors (Lipinski definition) is 2. The summed E-state index contributed by atoms with van der Waals surface area (Å²) in [7, 11) is 1.58. The molecule has 1 aromatic heterocycles. The molecular formula is C14H18N4O. The first kappa shape index (κ1) is 13.5. The molecule has 0 saturated carbocycles. The van der Waals surface area contributed by atoms with Crippen molar-refractivity contribution >= 4 is 0 Å². The Morgan fingerprint density at radius 2 is 1.95 bits per heavy atom. The van der Waals surface area contributed by atoms with Gasteiger partial charge in [-0.1, -0.05) is 30.3 Å². The normalized spacial score (nSPS) is 12.1. The molecule has 0 spiro atoms. The van der Waals surface area contributed by atoms with Gasteiger partial charge < -0.3 is 4.74 Å². The van der Waals surface area contributed by atoms with Gasteiger partial charge in [0.2, 0.25) is 5.88 Å². The fourth-order valence-corrected chi connectivity index (χ4v) is 1.99. The summed E-state index contributed by atoms with van der Waals surface area (Å²) in [6.45, 7) is 0. The Morgan fingerprint density at radius 1 is 1.21 bits per heavy atom. The maximum atomic E-state index is 5.62. The fourth-order valence-electron chi connectivity index (χ4n) is 1.99. The highest BCUT2D eigenvalue weighted by molar-refractivity contribution is 5.22. The van der Waals surface area contributed by atoms with Crippen molar-refractivity contribution in [3.8, 4) is 5.88 Å². The summed E-state index contributed by atoms with van der Waals surface area (Å²) in [4.78, 5) is 8.44. The first-order valence-corrected chi connectivity index (χ1v) is 6.20. The highest BCUT2D eigenvalue weighted by Crippen LogP contribution is 2.23. The van der Waals surface area contributed by atoms with Crippen LogP contribution in [0, 0.1) is 0 Å². The molecule has 1 aromatic carbocycles. The molecule has 2 rings (SSSR count). The van der Waals surface area contributed by atoms with Crippen molar-refractivity contribution in [2.45, 2.75) is 18.9 Å². The van der Waals surface area contributed by atoms with Crippen molar-refractivity contribution in [1.29, 1.82) is 0 Å². The van der Waals surface area contributed by atoms with Crippen molar-refractivity contribution in [1.82, 2.24) is 15.4 Å². The molecule has 3 N–H and O–H groups in total. The van der Waals surface area contributed by atoms with Crippen LogP contribution in [0.4, 0.5) is 0 Å². The van der Waals surface area contributed by atoms with Gasteiger partial charge in [0.15, 0.2) is 0 Å². The van der Waals surface area contributed by atoms with Crippen molar-refractivity contribution in [2.75, 3.05) is 7.11 Å². The van der Waals surface area contributed by atoms with Crippen LogP contribution in [0.5, 0.6) is 5.88 Å². The Balaban J connectivity index is 2.08. The van der Waals surface area contributed by atoms with Gasteiger partial charge in [0.25, 0.3) is 0 Å². The number of nitrogens with zero attached hydrogens (tertiary/aromatic N) is 2. The summed E-state index contributed by atoms with van der Waals surface area (Å²) in [5.74, 6) is 6.13. The lowest BCUT2D eigenvalue weighted by molar-refractivity contribution is 0.374. The van der Waals surface area contributed by atoms with Gasteiger partial charge in [-0.05, 0) is 18.4 Å². The highest BCUT2D eigenvalue weighted by Gasteiger charge is 2.17. The molecule has 0 aliphatic carbocycles. The summed E-state index contributed by atoms with van der Waals surface area (Å²) in [5.41, 5.74) is 4.79. The molecule has 0 fully saturated rings. The summed E-state index contributed by atoms with van der Waals surface area (Å²) in [5, 5.41) is 0. The van der Waals surface area contributed by atoms with Gasteiger partial charge in [0.1, 0.15) is 5.69 Å². The van der Waals surface area contributed by atoms with Gasteiger partial charge in [-0.25, -0.2) is 4.98 Å². The minimum atomic E-state index is -0.0798. The smallest absolute Gasteiger partial charge is 0.237 e. The van der Waals surface area contributed by atoms with Gasteiger partial charge >= 0.3 is 0 Å². The lowest BCUT2D eigenvalue weighted by Gasteiger charge is -2.16. The first-order chi connectivity index (χ1) is 9.35. The molecule has 19 heavy (non-hydrogen) atoms. The highest BCUT2D eigenvalue weighted by atomic mass is 16.5. The van der Waals surface area contributed by atoms with Crippen molar-refractivity contribution in [3.05, 3.63) is 54.0 Å². The zero-order valence-corrected chi connectivity index (χ0v) is 10.9. The second-order valence-electron chi connectivity index (χ2n) is 4.19. The maximum Gasteiger partial charge on any atom is 0.237 e. The van der Waals surface area contributed by atoms with E-state index < -0.39 is 0 Å². The van der Waals surface area contributed by atoms with Crippen molar-refractivity contribution in [3.63, 3.8) is 0 Å². The molecule has 0 saturated heterocycles. The van der Waals surface area contributed by atoms with Crippen LogP contribution in [-0.2, 0) is 6.42 Å². The van der Waals surface area contributed by atoms with Crippen LogP contribution in [0.3, 0.4) is 0 Å². The molecular weight excluding hydrogens is 240 g/mol. The average Bonchev–Trinajstić information content (AvgIpc) is 2.49. The van der Waals surface area contributed by atoms with Crippen molar-refractivity contribution in [2.24, 2.45) is 5.84 Å². The number of aryl methyl sites for hydroxylation is 1. The van der Waals surface area contributed by atoms with E-state index in [-0.39, 0.29) is 6.04 Å². The van der Waals surface area contributed by atoms with E-state index in [0.29, 0.717) is 5.88 Å². The Morgan fingerprint density at radius 3 is 2.63 bits per heavy atom. The van der Waals surface area contributed by atoms with E-state index in [1.807, 2.05) is 18.2 Å².